The van der Waals surface area contributed by atoms with Crippen LogP contribution in [0.5, 0.6) is 0 Å². The van der Waals surface area contributed by atoms with E-state index < -0.39 is 0 Å². The van der Waals surface area contributed by atoms with Crippen molar-refractivity contribution in [1.29, 1.82) is 0 Å². The van der Waals surface area contributed by atoms with Gasteiger partial charge in [0.15, 0.2) is 5.76 Å². The molecule has 0 aliphatic heterocycles. The Kier molecular flexibility index (Phi) is 4.08. The fraction of sp³-hybridized carbons (Fsp3) is 0.267. The minimum Gasteiger partial charge on any atom is -0.458 e. The van der Waals surface area contributed by atoms with Crippen molar-refractivity contribution >= 4 is 28.6 Å². The summed E-state index contributed by atoms with van der Waals surface area (Å²) in [5, 5.41) is 6.71. The molecular formula is C15H15N3O2S2. The van der Waals surface area contributed by atoms with Gasteiger partial charge in [-0.3, -0.25) is 4.79 Å². The number of rotatable bonds is 4. The van der Waals surface area contributed by atoms with Gasteiger partial charge < -0.3 is 9.73 Å². The topological polar surface area (TPSA) is 68.0 Å². The summed E-state index contributed by atoms with van der Waals surface area (Å²) in [6, 6.07) is 3.73. The van der Waals surface area contributed by atoms with Crippen LogP contribution in [0, 0.1) is 20.8 Å². The van der Waals surface area contributed by atoms with E-state index in [2.05, 4.69) is 15.3 Å². The monoisotopic (exact) mass is 333 g/mol. The lowest BCUT2D eigenvalue weighted by molar-refractivity contribution is 0.0951. The Morgan fingerprint density at radius 1 is 1.23 bits per heavy atom. The number of hydrogen-bond acceptors (Lipinski definition) is 6. The molecule has 1 N–H and O–H groups in total. The highest BCUT2D eigenvalue weighted by atomic mass is 32.1. The molecule has 0 fully saturated rings. The van der Waals surface area contributed by atoms with Crippen LogP contribution in [0.1, 0.15) is 31.1 Å². The summed E-state index contributed by atoms with van der Waals surface area (Å²) in [5.74, 6) is 1.30. The fourth-order valence-electron chi connectivity index (χ4n) is 2.08. The van der Waals surface area contributed by atoms with Gasteiger partial charge in [-0.05, 0) is 32.9 Å². The van der Waals surface area contributed by atoms with Crippen LogP contribution in [-0.4, -0.2) is 15.9 Å². The molecule has 0 aromatic carbocycles. The van der Waals surface area contributed by atoms with Gasteiger partial charge >= 0.3 is 0 Å². The molecule has 0 saturated heterocycles. The molecule has 3 heterocycles. The average molecular weight is 333 g/mol. The van der Waals surface area contributed by atoms with E-state index in [1.54, 1.807) is 11.3 Å². The Bertz CT molecular complexity index is 816. The summed E-state index contributed by atoms with van der Waals surface area (Å²) in [6.07, 6.45) is 0. The van der Waals surface area contributed by atoms with Crippen molar-refractivity contribution in [2.75, 3.05) is 0 Å². The van der Waals surface area contributed by atoms with Crippen molar-refractivity contribution in [1.82, 2.24) is 15.3 Å². The minimum atomic E-state index is -0.120. The number of aryl methyl sites for hydroxylation is 3. The van der Waals surface area contributed by atoms with Crippen LogP contribution in [0.4, 0.5) is 0 Å². The maximum absolute atomic E-state index is 12.1. The van der Waals surface area contributed by atoms with E-state index in [1.807, 2.05) is 38.3 Å². The Morgan fingerprint density at radius 3 is 2.68 bits per heavy atom. The molecule has 3 aromatic rings. The quantitative estimate of drug-likeness (QED) is 0.790. The van der Waals surface area contributed by atoms with Crippen molar-refractivity contribution in [3.8, 4) is 11.5 Å². The maximum atomic E-state index is 12.1. The zero-order valence-corrected chi connectivity index (χ0v) is 14.1. The standard InChI is InChI=1S/C15H15N3O2S2/c1-8-14(22-10(3)17-8)15(19)16-6-11-4-5-13(20-11)12-7-21-9(2)18-12/h4-5,7H,6H2,1-3H3,(H,16,19). The van der Waals surface area contributed by atoms with Gasteiger partial charge in [0.25, 0.3) is 5.91 Å². The lowest BCUT2D eigenvalue weighted by Gasteiger charge is -2.01. The van der Waals surface area contributed by atoms with Crippen LogP contribution in [0.2, 0.25) is 0 Å². The van der Waals surface area contributed by atoms with Crippen LogP contribution >= 0.6 is 22.7 Å². The number of amides is 1. The maximum Gasteiger partial charge on any atom is 0.263 e. The largest absolute Gasteiger partial charge is 0.458 e. The van der Waals surface area contributed by atoms with Crippen LogP contribution in [0.3, 0.4) is 0 Å². The number of nitrogens with one attached hydrogen (secondary N) is 1. The van der Waals surface area contributed by atoms with Gasteiger partial charge in [-0.1, -0.05) is 0 Å². The van der Waals surface area contributed by atoms with Gasteiger partial charge in [-0.2, -0.15) is 0 Å². The van der Waals surface area contributed by atoms with Crippen LogP contribution in [0.25, 0.3) is 11.5 Å². The van der Waals surface area contributed by atoms with E-state index >= 15 is 0 Å². The van der Waals surface area contributed by atoms with E-state index in [0.717, 1.165) is 27.2 Å². The molecule has 5 nitrogen and oxygen atoms in total. The van der Waals surface area contributed by atoms with Crippen LogP contribution in [-0.2, 0) is 6.54 Å². The molecule has 22 heavy (non-hydrogen) atoms. The second kappa shape index (κ2) is 6.02. The van der Waals surface area contributed by atoms with Crippen molar-refractivity contribution in [2.24, 2.45) is 0 Å². The molecule has 0 bridgehead atoms. The van der Waals surface area contributed by atoms with Crippen LogP contribution < -0.4 is 5.32 Å². The molecule has 114 valence electrons. The van der Waals surface area contributed by atoms with Gasteiger partial charge in [0.2, 0.25) is 0 Å². The number of aromatic nitrogens is 2. The first kappa shape index (κ1) is 14.9. The molecule has 0 unspecified atom stereocenters. The molecule has 0 radical (unpaired) electrons. The number of furan rings is 1. The Morgan fingerprint density at radius 2 is 2.05 bits per heavy atom. The molecule has 3 rings (SSSR count). The average Bonchev–Trinajstić information content (AvgIpc) is 3.16. The molecular weight excluding hydrogens is 318 g/mol. The Hall–Kier alpha value is -1.99. The highest BCUT2D eigenvalue weighted by Crippen LogP contribution is 2.24. The van der Waals surface area contributed by atoms with Crippen molar-refractivity contribution < 1.29 is 9.21 Å². The van der Waals surface area contributed by atoms with Gasteiger partial charge in [0.05, 0.1) is 22.3 Å². The fourth-order valence-corrected chi connectivity index (χ4v) is 3.52. The Labute approximate surface area is 136 Å². The number of nitrogens with zero attached hydrogens (tertiary/aromatic N) is 2. The predicted octanol–water partition coefficient (Wildman–Crippen LogP) is 3.71. The van der Waals surface area contributed by atoms with Crippen LogP contribution in [0.15, 0.2) is 21.9 Å². The van der Waals surface area contributed by atoms with E-state index in [1.165, 1.54) is 11.3 Å². The first-order chi connectivity index (χ1) is 10.5. The molecule has 3 aromatic heterocycles. The summed E-state index contributed by atoms with van der Waals surface area (Å²) in [5.41, 5.74) is 1.59. The number of thiazole rings is 2. The third-order valence-electron chi connectivity index (χ3n) is 3.07. The number of carbonyl (C=O) groups excluding carboxylic acids is 1. The van der Waals surface area contributed by atoms with Gasteiger partial charge in [0, 0.05) is 5.38 Å². The third kappa shape index (κ3) is 3.10. The zero-order valence-electron chi connectivity index (χ0n) is 12.5. The number of hydrogen-bond donors (Lipinski definition) is 1. The normalized spacial score (nSPS) is 10.9. The highest BCUT2D eigenvalue weighted by molar-refractivity contribution is 7.13. The molecule has 0 aliphatic carbocycles. The second-order valence-electron chi connectivity index (χ2n) is 4.85. The molecule has 0 atom stereocenters. The van der Waals surface area contributed by atoms with E-state index in [9.17, 15) is 4.79 Å². The predicted molar refractivity (Wildman–Crippen MR) is 87.3 cm³/mol. The lowest BCUT2D eigenvalue weighted by atomic mass is 10.3. The SMILES string of the molecule is Cc1nc(-c2ccc(CNC(=O)c3sc(C)nc3C)o2)cs1. The molecule has 1 amide bonds. The van der Waals surface area contributed by atoms with E-state index in [4.69, 9.17) is 4.42 Å². The summed E-state index contributed by atoms with van der Waals surface area (Å²) in [7, 11) is 0. The van der Waals surface area contributed by atoms with Gasteiger partial charge in [0.1, 0.15) is 16.3 Å². The third-order valence-corrected chi connectivity index (χ3v) is 4.91. The summed E-state index contributed by atoms with van der Waals surface area (Å²) >= 11 is 2.98. The molecule has 0 spiro atoms. The first-order valence-corrected chi connectivity index (χ1v) is 8.46. The molecule has 0 saturated carbocycles. The highest BCUT2D eigenvalue weighted by Gasteiger charge is 2.14. The minimum absolute atomic E-state index is 0.120. The first-order valence-electron chi connectivity index (χ1n) is 6.76. The molecule has 0 aliphatic rings. The van der Waals surface area contributed by atoms with Crippen molar-refractivity contribution in [2.45, 2.75) is 27.3 Å². The lowest BCUT2D eigenvalue weighted by Crippen LogP contribution is -2.22. The second-order valence-corrected chi connectivity index (χ2v) is 7.11. The summed E-state index contributed by atoms with van der Waals surface area (Å²) in [4.78, 5) is 21.4. The molecule has 7 heteroatoms. The zero-order chi connectivity index (χ0) is 15.7. The van der Waals surface area contributed by atoms with E-state index in [0.29, 0.717) is 17.2 Å². The van der Waals surface area contributed by atoms with Crippen molar-refractivity contribution in [3.63, 3.8) is 0 Å². The Balaban J connectivity index is 1.66. The smallest absolute Gasteiger partial charge is 0.263 e. The van der Waals surface area contributed by atoms with E-state index in [-0.39, 0.29) is 5.91 Å². The van der Waals surface area contributed by atoms with Gasteiger partial charge in [-0.15, -0.1) is 22.7 Å². The number of carbonyl (C=O) groups is 1. The summed E-state index contributed by atoms with van der Waals surface area (Å²) < 4.78 is 5.72. The van der Waals surface area contributed by atoms with Gasteiger partial charge in [-0.25, -0.2) is 9.97 Å². The summed E-state index contributed by atoms with van der Waals surface area (Å²) in [6.45, 7) is 6.03. The van der Waals surface area contributed by atoms with Crippen molar-refractivity contribution in [3.05, 3.63) is 43.9 Å².